The summed E-state index contributed by atoms with van der Waals surface area (Å²) in [6.07, 6.45) is -1.16. The third kappa shape index (κ3) is 8.47. The maximum Gasteiger partial charge on any atom is 0.514 e. The van der Waals surface area contributed by atoms with Gasteiger partial charge >= 0.3 is 12.2 Å². The molecule has 0 bridgehead atoms. The number of benzene rings is 1. The molecule has 2 fully saturated rings. The van der Waals surface area contributed by atoms with Crippen LogP contribution in [-0.4, -0.2) is 110 Å². The molecule has 268 valence electrons. The largest absolute Gasteiger partial charge is 0.514 e. The Kier molecular flexibility index (Phi) is 9.98. The van der Waals surface area contributed by atoms with Crippen molar-refractivity contribution in [3.05, 3.63) is 34.6 Å². The number of pyridine rings is 1. The summed E-state index contributed by atoms with van der Waals surface area (Å²) in [5, 5.41) is -0.224. The topological polar surface area (TPSA) is 154 Å². The van der Waals surface area contributed by atoms with E-state index in [9.17, 15) is 22.8 Å². The number of anilines is 1. The maximum atomic E-state index is 15.7. The average Bonchev–Trinajstić information content (AvgIpc) is 3.35. The van der Waals surface area contributed by atoms with Crippen LogP contribution in [0.5, 0.6) is 11.5 Å². The van der Waals surface area contributed by atoms with Crippen LogP contribution in [0.1, 0.15) is 58.3 Å². The zero-order valence-corrected chi connectivity index (χ0v) is 29.9. The number of hydrogen-bond acceptors (Lipinski definition) is 12. The predicted molar refractivity (Wildman–Crippen MR) is 176 cm³/mol. The van der Waals surface area contributed by atoms with Gasteiger partial charge in [-0.3, -0.25) is 8.98 Å². The van der Waals surface area contributed by atoms with Gasteiger partial charge in [0.05, 0.1) is 24.0 Å². The van der Waals surface area contributed by atoms with E-state index in [0.717, 1.165) is 12.3 Å². The molecule has 2 amide bonds. The molecule has 49 heavy (non-hydrogen) atoms. The van der Waals surface area contributed by atoms with Gasteiger partial charge in [0.2, 0.25) is 0 Å². The van der Waals surface area contributed by atoms with Gasteiger partial charge in [-0.05, 0) is 60.1 Å². The minimum absolute atomic E-state index is 0.0204. The number of ether oxygens (including phenoxy) is 4. The van der Waals surface area contributed by atoms with Crippen LogP contribution < -0.4 is 14.4 Å². The summed E-state index contributed by atoms with van der Waals surface area (Å²) >= 11 is 6.93. The number of carbonyl (C=O) groups excluding carboxylic acids is 3. The van der Waals surface area contributed by atoms with Crippen LogP contribution in [0.15, 0.2) is 18.2 Å². The Morgan fingerprint density at radius 1 is 1.02 bits per heavy atom. The first-order valence-corrected chi connectivity index (χ1v) is 17.9. The first kappa shape index (κ1) is 36.4. The zero-order chi connectivity index (χ0) is 36.1. The molecule has 17 heteroatoms. The Bertz CT molecular complexity index is 1760. The maximum absolute atomic E-state index is 15.7. The molecule has 5 rings (SSSR count). The minimum Gasteiger partial charge on any atom is -0.489 e. The van der Waals surface area contributed by atoms with Crippen molar-refractivity contribution in [2.75, 3.05) is 50.5 Å². The third-order valence-electron chi connectivity index (χ3n) is 7.66. The average molecular weight is 727 g/mol. The third-order valence-corrected chi connectivity index (χ3v) is 8.63. The van der Waals surface area contributed by atoms with Crippen LogP contribution in [0.25, 0.3) is 11.3 Å². The molecule has 0 aliphatic carbocycles. The van der Waals surface area contributed by atoms with Crippen LogP contribution in [-0.2, 0) is 23.8 Å². The molecule has 2 saturated heterocycles. The number of nitrogens with zero attached hydrogens (tertiary/aromatic N) is 4. The van der Waals surface area contributed by atoms with E-state index in [1.54, 1.807) is 51.3 Å². The van der Waals surface area contributed by atoms with E-state index < -0.39 is 57.4 Å². The highest BCUT2D eigenvalue weighted by Gasteiger charge is 2.43. The second-order valence-corrected chi connectivity index (χ2v) is 16.0. The van der Waals surface area contributed by atoms with Gasteiger partial charge in [-0.1, -0.05) is 17.7 Å². The molecular formula is C32H40ClFN4O10S. The molecule has 14 nitrogen and oxygen atoms in total. The lowest BCUT2D eigenvalue weighted by atomic mass is 10.1. The lowest BCUT2D eigenvalue weighted by Gasteiger charge is -2.40. The van der Waals surface area contributed by atoms with E-state index in [1.165, 1.54) is 17.0 Å². The molecule has 3 aliphatic rings. The van der Waals surface area contributed by atoms with Crippen LogP contribution in [0, 0.1) is 5.82 Å². The van der Waals surface area contributed by atoms with E-state index in [-0.39, 0.29) is 84.9 Å². The van der Waals surface area contributed by atoms with Crippen molar-refractivity contribution in [1.29, 1.82) is 0 Å². The monoisotopic (exact) mass is 726 g/mol. The van der Waals surface area contributed by atoms with Crippen molar-refractivity contribution < 1.29 is 50.3 Å². The van der Waals surface area contributed by atoms with Gasteiger partial charge < -0.3 is 33.6 Å². The Balaban J connectivity index is 1.59. The van der Waals surface area contributed by atoms with Gasteiger partial charge in [-0.2, -0.15) is 8.42 Å². The van der Waals surface area contributed by atoms with Crippen molar-refractivity contribution in [3.8, 4) is 22.8 Å². The second-order valence-electron chi connectivity index (χ2n) is 14.0. The Hall–Kier alpha value is -3.89. The number of halogens is 2. The van der Waals surface area contributed by atoms with Gasteiger partial charge in [-0.15, -0.1) is 0 Å². The van der Waals surface area contributed by atoms with Crippen LogP contribution >= 0.6 is 11.6 Å². The molecule has 3 aliphatic heterocycles. The molecule has 4 heterocycles. The summed E-state index contributed by atoms with van der Waals surface area (Å²) in [6.45, 7) is 10.8. The molecule has 2 atom stereocenters. The molecule has 0 N–H and O–H groups in total. The standard InChI is InChI=1S/C32H40ClFN4O10S/c1-31(2,3)46-29(40)37-13-14-38-18(15-37)17-44-26-23(28(38)39)27(36-12-11-19(16-36)48-49(7,42)43)35-25(24(26)33)22-20(34)9-8-10-21(22)45-30(41)47-32(4,5)6/h8-10,18-19H,11-17H2,1-7H3/t18?,19-/m0/s1. The Morgan fingerprint density at radius 2 is 1.71 bits per heavy atom. The fourth-order valence-corrected chi connectivity index (χ4v) is 6.70. The van der Waals surface area contributed by atoms with Gasteiger partial charge in [0, 0.05) is 32.7 Å². The summed E-state index contributed by atoms with van der Waals surface area (Å²) in [4.78, 5) is 49.3. The summed E-state index contributed by atoms with van der Waals surface area (Å²) < 4.78 is 67.2. The molecule has 2 aromatic rings. The lowest BCUT2D eigenvalue weighted by molar-refractivity contribution is 0.000935. The zero-order valence-electron chi connectivity index (χ0n) is 28.4. The van der Waals surface area contributed by atoms with E-state index in [1.807, 2.05) is 0 Å². The summed E-state index contributed by atoms with van der Waals surface area (Å²) in [5.41, 5.74) is -2.13. The summed E-state index contributed by atoms with van der Waals surface area (Å²) in [6, 6.07) is 3.20. The SMILES string of the molecule is CC(C)(C)OC(=O)Oc1cccc(F)c1-c1nc(N2CC[C@H](OS(C)(=O)=O)C2)c2c(c1Cl)OCC1CN(C(=O)OC(C)(C)C)CCN1C2=O. The predicted octanol–water partition coefficient (Wildman–Crippen LogP) is 4.86. The minimum atomic E-state index is -3.80. The molecule has 1 aromatic heterocycles. The van der Waals surface area contributed by atoms with Gasteiger partial charge in [0.1, 0.15) is 51.5 Å². The van der Waals surface area contributed by atoms with Gasteiger partial charge in [0.25, 0.3) is 16.0 Å². The molecule has 1 unspecified atom stereocenters. The first-order chi connectivity index (χ1) is 22.7. The Morgan fingerprint density at radius 3 is 2.37 bits per heavy atom. The highest BCUT2D eigenvalue weighted by atomic mass is 35.5. The van der Waals surface area contributed by atoms with Crippen molar-refractivity contribution >= 4 is 45.7 Å². The van der Waals surface area contributed by atoms with Crippen molar-refractivity contribution in [1.82, 2.24) is 14.8 Å². The van der Waals surface area contributed by atoms with Gasteiger partial charge in [0.15, 0.2) is 5.75 Å². The lowest BCUT2D eigenvalue weighted by Crippen LogP contribution is -2.58. The van der Waals surface area contributed by atoms with Gasteiger partial charge in [-0.25, -0.2) is 19.0 Å². The highest BCUT2D eigenvalue weighted by Crippen LogP contribution is 2.47. The quantitative estimate of drug-likeness (QED) is 0.235. The van der Waals surface area contributed by atoms with Crippen LogP contribution in [0.2, 0.25) is 5.02 Å². The van der Waals surface area contributed by atoms with Crippen LogP contribution in [0.4, 0.5) is 19.8 Å². The molecule has 1 aromatic carbocycles. The number of carbonyl (C=O) groups is 3. The molecule has 0 radical (unpaired) electrons. The van der Waals surface area contributed by atoms with E-state index in [2.05, 4.69) is 0 Å². The fourth-order valence-electron chi connectivity index (χ4n) is 5.76. The number of amides is 2. The van der Waals surface area contributed by atoms with E-state index in [4.69, 9.17) is 39.7 Å². The highest BCUT2D eigenvalue weighted by molar-refractivity contribution is 7.86. The number of rotatable bonds is 5. The number of fused-ring (bicyclic) bond motifs is 2. The summed E-state index contributed by atoms with van der Waals surface area (Å²) in [5.74, 6) is -1.64. The van der Waals surface area contributed by atoms with E-state index in [0.29, 0.717) is 0 Å². The number of hydrogen-bond donors (Lipinski definition) is 0. The first-order valence-electron chi connectivity index (χ1n) is 15.7. The number of piperazine rings is 1. The number of aromatic nitrogens is 1. The molecule has 0 saturated carbocycles. The molecule has 0 spiro atoms. The smallest absolute Gasteiger partial charge is 0.489 e. The normalized spacial score (nSPS) is 19.9. The van der Waals surface area contributed by atoms with Crippen molar-refractivity contribution in [3.63, 3.8) is 0 Å². The Labute approximate surface area is 289 Å². The van der Waals surface area contributed by atoms with Crippen molar-refractivity contribution in [2.24, 2.45) is 0 Å². The van der Waals surface area contributed by atoms with E-state index >= 15 is 4.39 Å². The van der Waals surface area contributed by atoms with Crippen LogP contribution in [0.3, 0.4) is 0 Å². The fraction of sp³-hybridized carbons (Fsp3) is 0.562. The second kappa shape index (κ2) is 13.4. The van der Waals surface area contributed by atoms with Crippen molar-refractivity contribution in [2.45, 2.75) is 71.3 Å². The summed E-state index contributed by atoms with van der Waals surface area (Å²) in [7, 11) is -3.80. The molecular weight excluding hydrogens is 687 g/mol.